The van der Waals surface area contributed by atoms with Crippen molar-refractivity contribution < 1.29 is 14.6 Å². The Balaban J connectivity index is 2.73. The molecular weight excluding hydrogens is 132 g/mol. The molecule has 1 aliphatic heterocycles. The lowest BCUT2D eigenvalue weighted by Gasteiger charge is -2.15. The summed E-state index contributed by atoms with van der Waals surface area (Å²) < 4.78 is 4.80. The van der Waals surface area contributed by atoms with E-state index >= 15 is 0 Å². The van der Waals surface area contributed by atoms with E-state index in [1.807, 2.05) is 0 Å². The fourth-order valence-electron chi connectivity index (χ4n) is 0.932. The zero-order chi connectivity index (χ0) is 7.78. The highest BCUT2D eigenvalue weighted by atomic mass is 16.6. The zero-order valence-electron chi connectivity index (χ0n) is 5.83. The van der Waals surface area contributed by atoms with Gasteiger partial charge in [-0.3, -0.25) is 0 Å². The fraction of sp³-hybridized carbons (Fsp3) is 0.571. The minimum Gasteiger partial charge on any atom is -0.453 e. The molecule has 1 saturated heterocycles. The van der Waals surface area contributed by atoms with Crippen LogP contribution in [-0.2, 0) is 9.53 Å². The van der Waals surface area contributed by atoms with Crippen molar-refractivity contribution in [3.8, 4) is 0 Å². The first-order valence-corrected chi connectivity index (χ1v) is 3.12. The van der Waals surface area contributed by atoms with E-state index in [9.17, 15) is 4.79 Å². The summed E-state index contributed by atoms with van der Waals surface area (Å²) >= 11 is 0. The van der Waals surface area contributed by atoms with Crippen LogP contribution in [0.5, 0.6) is 0 Å². The summed E-state index contributed by atoms with van der Waals surface area (Å²) in [6, 6.07) is 0. The number of aliphatic hydroxyl groups is 1. The molecule has 0 aliphatic carbocycles. The van der Waals surface area contributed by atoms with Gasteiger partial charge in [0.1, 0.15) is 5.60 Å². The third kappa shape index (κ3) is 1.04. The van der Waals surface area contributed by atoms with E-state index in [1.165, 1.54) is 6.08 Å². The minimum absolute atomic E-state index is 0.315. The highest BCUT2D eigenvalue weighted by Gasteiger charge is 2.40. The van der Waals surface area contributed by atoms with Gasteiger partial charge in [-0.05, 0) is 13.0 Å². The molecule has 0 saturated carbocycles. The summed E-state index contributed by atoms with van der Waals surface area (Å²) in [6.45, 7) is 5.21. The predicted octanol–water partition coefficient (Wildman–Crippen LogP) is 0.239. The number of aliphatic hydroxyl groups excluding tert-OH is 1. The lowest BCUT2D eigenvalue weighted by atomic mass is 10.0. The zero-order valence-corrected chi connectivity index (χ0v) is 5.83. The predicted molar refractivity (Wildman–Crippen MR) is 35.3 cm³/mol. The highest BCUT2D eigenvalue weighted by molar-refractivity contribution is 5.77. The van der Waals surface area contributed by atoms with Crippen LogP contribution in [-0.4, -0.2) is 22.8 Å². The number of ether oxygens (including phenoxy) is 1. The van der Waals surface area contributed by atoms with Gasteiger partial charge in [-0.1, -0.05) is 6.58 Å². The third-order valence-corrected chi connectivity index (χ3v) is 1.64. The Morgan fingerprint density at radius 3 is 2.80 bits per heavy atom. The monoisotopic (exact) mass is 142 g/mol. The maximum Gasteiger partial charge on any atom is 0.335 e. The first-order chi connectivity index (χ1) is 4.57. The molecule has 1 heterocycles. The summed E-state index contributed by atoms with van der Waals surface area (Å²) in [6.07, 6.45) is 0.874. The molecule has 1 unspecified atom stereocenters. The van der Waals surface area contributed by atoms with Crippen molar-refractivity contribution in [2.24, 2.45) is 0 Å². The van der Waals surface area contributed by atoms with Crippen LogP contribution in [0.1, 0.15) is 13.3 Å². The molecular formula is C7H10O3. The number of carbonyl (C=O) groups is 1. The number of rotatable bonds is 1. The van der Waals surface area contributed by atoms with Crippen molar-refractivity contribution >= 4 is 5.97 Å². The van der Waals surface area contributed by atoms with E-state index in [1.54, 1.807) is 6.92 Å². The van der Waals surface area contributed by atoms with Crippen molar-refractivity contribution in [1.82, 2.24) is 0 Å². The van der Waals surface area contributed by atoms with Gasteiger partial charge in [0.05, 0.1) is 0 Å². The molecule has 1 aliphatic rings. The van der Waals surface area contributed by atoms with E-state index < -0.39 is 17.7 Å². The maximum absolute atomic E-state index is 10.6. The van der Waals surface area contributed by atoms with Crippen LogP contribution < -0.4 is 0 Å². The normalized spacial score (nSPS) is 39.4. The average Bonchev–Trinajstić information content (AvgIpc) is 2.10. The first-order valence-electron chi connectivity index (χ1n) is 3.12. The molecule has 0 aromatic rings. The van der Waals surface area contributed by atoms with E-state index in [0.717, 1.165) is 0 Å². The van der Waals surface area contributed by atoms with Gasteiger partial charge in [0.2, 0.25) is 0 Å². The molecule has 0 aromatic heterocycles. The SMILES string of the molecule is C=C[C@]1(C)CC(O)C(=O)O1. The smallest absolute Gasteiger partial charge is 0.335 e. The quantitative estimate of drug-likeness (QED) is 0.421. The second-order valence-electron chi connectivity index (χ2n) is 2.66. The molecule has 1 rings (SSSR count). The lowest BCUT2D eigenvalue weighted by molar-refractivity contribution is -0.149. The van der Waals surface area contributed by atoms with Gasteiger partial charge in [-0.25, -0.2) is 4.79 Å². The Bertz CT molecular complexity index is 176. The van der Waals surface area contributed by atoms with Crippen LogP contribution in [0.4, 0.5) is 0 Å². The third-order valence-electron chi connectivity index (χ3n) is 1.64. The largest absolute Gasteiger partial charge is 0.453 e. The molecule has 1 N–H and O–H groups in total. The standard InChI is InChI=1S/C7H10O3/c1-3-7(2)4-5(8)6(9)10-7/h3,5,8H,1,4H2,2H3/t5?,7-/m1/s1. The van der Waals surface area contributed by atoms with Crippen LogP contribution in [0.2, 0.25) is 0 Å². The molecule has 56 valence electrons. The Hall–Kier alpha value is -0.830. The molecule has 0 aromatic carbocycles. The topological polar surface area (TPSA) is 46.5 Å². The Morgan fingerprint density at radius 2 is 2.60 bits per heavy atom. The van der Waals surface area contributed by atoms with Gasteiger partial charge in [0.25, 0.3) is 0 Å². The van der Waals surface area contributed by atoms with Crippen LogP contribution >= 0.6 is 0 Å². The molecule has 0 amide bonds. The van der Waals surface area contributed by atoms with Crippen molar-refractivity contribution in [1.29, 1.82) is 0 Å². The summed E-state index contributed by atoms with van der Waals surface area (Å²) in [5.74, 6) is -0.553. The van der Waals surface area contributed by atoms with E-state index in [-0.39, 0.29) is 0 Å². The summed E-state index contributed by atoms with van der Waals surface area (Å²) in [5, 5.41) is 8.94. The van der Waals surface area contributed by atoms with Gasteiger partial charge in [0.15, 0.2) is 6.10 Å². The number of hydrogen-bond donors (Lipinski definition) is 1. The number of cyclic esters (lactones) is 1. The molecule has 0 bridgehead atoms. The van der Waals surface area contributed by atoms with Gasteiger partial charge in [-0.15, -0.1) is 0 Å². The Kier molecular flexibility index (Phi) is 1.52. The molecule has 0 radical (unpaired) electrons. The van der Waals surface area contributed by atoms with Crippen LogP contribution in [0, 0.1) is 0 Å². The maximum atomic E-state index is 10.6. The summed E-state index contributed by atoms with van der Waals surface area (Å²) in [7, 11) is 0. The van der Waals surface area contributed by atoms with E-state index in [2.05, 4.69) is 6.58 Å². The van der Waals surface area contributed by atoms with E-state index in [4.69, 9.17) is 9.84 Å². The molecule has 2 atom stereocenters. The molecule has 3 heteroatoms. The van der Waals surface area contributed by atoms with E-state index in [0.29, 0.717) is 6.42 Å². The number of carbonyl (C=O) groups excluding carboxylic acids is 1. The number of esters is 1. The highest BCUT2D eigenvalue weighted by Crippen LogP contribution is 2.26. The summed E-state index contributed by atoms with van der Waals surface area (Å²) in [5.41, 5.74) is -0.656. The molecule has 0 spiro atoms. The Morgan fingerprint density at radius 1 is 2.00 bits per heavy atom. The second kappa shape index (κ2) is 2.09. The van der Waals surface area contributed by atoms with Gasteiger partial charge in [0, 0.05) is 6.42 Å². The Labute approximate surface area is 59.3 Å². The van der Waals surface area contributed by atoms with Gasteiger partial charge in [-0.2, -0.15) is 0 Å². The van der Waals surface area contributed by atoms with Crippen molar-refractivity contribution in [3.63, 3.8) is 0 Å². The summed E-state index contributed by atoms with van der Waals surface area (Å²) in [4.78, 5) is 10.6. The van der Waals surface area contributed by atoms with Crippen LogP contribution in [0.25, 0.3) is 0 Å². The first kappa shape index (κ1) is 7.28. The minimum atomic E-state index is -0.969. The molecule has 1 fully saturated rings. The van der Waals surface area contributed by atoms with Gasteiger partial charge >= 0.3 is 5.97 Å². The second-order valence-corrected chi connectivity index (χ2v) is 2.66. The van der Waals surface area contributed by atoms with Crippen LogP contribution in [0.15, 0.2) is 12.7 Å². The van der Waals surface area contributed by atoms with Crippen molar-refractivity contribution in [2.75, 3.05) is 0 Å². The van der Waals surface area contributed by atoms with Crippen molar-refractivity contribution in [3.05, 3.63) is 12.7 Å². The van der Waals surface area contributed by atoms with Gasteiger partial charge < -0.3 is 9.84 Å². The fourth-order valence-corrected chi connectivity index (χ4v) is 0.932. The lowest BCUT2D eigenvalue weighted by Crippen LogP contribution is -2.19. The number of hydrogen-bond acceptors (Lipinski definition) is 3. The average molecular weight is 142 g/mol. The van der Waals surface area contributed by atoms with Crippen LogP contribution in [0.3, 0.4) is 0 Å². The molecule has 10 heavy (non-hydrogen) atoms. The van der Waals surface area contributed by atoms with Crippen molar-refractivity contribution in [2.45, 2.75) is 25.0 Å². The molecule has 3 nitrogen and oxygen atoms in total.